The predicted molar refractivity (Wildman–Crippen MR) is 107 cm³/mol. The Kier molecular flexibility index (Phi) is 4.72. The van der Waals surface area contributed by atoms with Crippen LogP contribution in [0.5, 0.6) is 0 Å². The van der Waals surface area contributed by atoms with Crippen molar-refractivity contribution in [2.75, 3.05) is 18.0 Å². The molecule has 136 valence electrons. The summed E-state index contributed by atoms with van der Waals surface area (Å²) in [7, 11) is 0. The average Bonchev–Trinajstić information content (AvgIpc) is 2.78. The molecule has 5 heteroatoms. The number of aryl methyl sites for hydroxylation is 1. The quantitative estimate of drug-likeness (QED) is 0.735. The Balaban J connectivity index is 1.81. The molecule has 0 amide bonds. The fraction of sp³-hybridized carbons (Fsp3) is 0.381. The van der Waals surface area contributed by atoms with Crippen molar-refractivity contribution >= 4 is 34.7 Å². The van der Waals surface area contributed by atoms with Gasteiger partial charge in [-0.15, -0.1) is 0 Å². The van der Waals surface area contributed by atoms with Crippen LogP contribution in [0.25, 0.3) is 0 Å². The summed E-state index contributed by atoms with van der Waals surface area (Å²) >= 11 is 12.3. The van der Waals surface area contributed by atoms with Gasteiger partial charge in [0.15, 0.2) is 6.54 Å². The molecule has 3 nitrogen and oxygen atoms in total. The van der Waals surface area contributed by atoms with Gasteiger partial charge in [0.05, 0.1) is 16.6 Å². The smallest absolute Gasteiger partial charge is 0.271 e. The van der Waals surface area contributed by atoms with Crippen LogP contribution in [0.1, 0.15) is 36.8 Å². The minimum atomic E-state index is -1.10. The Hall–Kier alpha value is -1.55. The maximum atomic E-state index is 11.7. The van der Waals surface area contributed by atoms with Crippen LogP contribution in [0.4, 0.5) is 5.69 Å². The Bertz CT molecular complexity index is 863. The number of rotatable bonds is 2. The van der Waals surface area contributed by atoms with Crippen molar-refractivity contribution in [2.24, 2.45) is 0 Å². The molecule has 1 atom stereocenters. The van der Waals surface area contributed by atoms with E-state index in [1.165, 1.54) is 17.8 Å². The van der Waals surface area contributed by atoms with Gasteiger partial charge in [0.2, 0.25) is 0 Å². The van der Waals surface area contributed by atoms with Gasteiger partial charge in [-0.2, -0.15) is 0 Å². The molecule has 26 heavy (non-hydrogen) atoms. The zero-order valence-corrected chi connectivity index (χ0v) is 16.4. The van der Waals surface area contributed by atoms with E-state index in [0.717, 1.165) is 37.1 Å². The van der Waals surface area contributed by atoms with Crippen LogP contribution in [0.3, 0.4) is 0 Å². The Morgan fingerprint density at radius 3 is 2.50 bits per heavy atom. The molecule has 0 fully saturated rings. The van der Waals surface area contributed by atoms with Gasteiger partial charge in [-0.05, 0) is 50.5 Å². The SMILES string of the molecule is Cc1ccc(N2CC(O)(c3ccc(Cl)c(Cl)c3)[N+]3=C2CCCCC3)cc1. The number of benzene rings is 2. The van der Waals surface area contributed by atoms with E-state index in [1.807, 2.05) is 6.07 Å². The summed E-state index contributed by atoms with van der Waals surface area (Å²) in [5.74, 6) is 1.19. The number of hydrogen-bond acceptors (Lipinski definition) is 2. The molecule has 0 bridgehead atoms. The molecular formula is C21H23Cl2N2O+. The van der Waals surface area contributed by atoms with Gasteiger partial charge in [-0.1, -0.05) is 47.0 Å². The second-order valence-electron chi connectivity index (χ2n) is 7.25. The number of anilines is 1. The minimum Gasteiger partial charge on any atom is -0.346 e. The molecule has 0 spiro atoms. The lowest BCUT2D eigenvalue weighted by Gasteiger charge is -2.24. The molecule has 1 unspecified atom stereocenters. The number of hydrogen-bond donors (Lipinski definition) is 1. The van der Waals surface area contributed by atoms with Crippen LogP contribution in [-0.4, -0.2) is 28.6 Å². The zero-order chi connectivity index (χ0) is 18.3. The Morgan fingerprint density at radius 1 is 1.00 bits per heavy atom. The first-order chi connectivity index (χ1) is 12.5. The van der Waals surface area contributed by atoms with Crippen molar-refractivity contribution in [1.29, 1.82) is 0 Å². The zero-order valence-electron chi connectivity index (χ0n) is 14.9. The highest BCUT2D eigenvalue weighted by molar-refractivity contribution is 6.42. The minimum absolute atomic E-state index is 0.475. The van der Waals surface area contributed by atoms with E-state index < -0.39 is 5.72 Å². The molecule has 2 aliphatic heterocycles. The van der Waals surface area contributed by atoms with Crippen molar-refractivity contribution in [2.45, 2.75) is 38.3 Å². The monoisotopic (exact) mass is 389 g/mol. The van der Waals surface area contributed by atoms with Gasteiger partial charge in [-0.25, -0.2) is 9.48 Å². The largest absolute Gasteiger partial charge is 0.346 e. The van der Waals surface area contributed by atoms with E-state index in [9.17, 15) is 5.11 Å². The molecule has 2 aromatic rings. The maximum Gasteiger partial charge on any atom is 0.271 e. The van der Waals surface area contributed by atoms with Crippen LogP contribution < -0.4 is 4.90 Å². The van der Waals surface area contributed by atoms with Gasteiger partial charge in [0.1, 0.15) is 5.69 Å². The predicted octanol–water partition coefficient (Wildman–Crippen LogP) is 4.95. The summed E-state index contributed by atoms with van der Waals surface area (Å²) in [6, 6.07) is 13.9. The van der Waals surface area contributed by atoms with Gasteiger partial charge in [0.25, 0.3) is 11.6 Å². The summed E-state index contributed by atoms with van der Waals surface area (Å²) in [5, 5.41) is 12.7. The number of β-amino-alcohol motifs (C(OH)–C–C–N with tert-alkyl or cyclic N) is 1. The molecule has 0 saturated carbocycles. The molecule has 4 rings (SSSR count). The second-order valence-corrected chi connectivity index (χ2v) is 8.06. The summed E-state index contributed by atoms with van der Waals surface area (Å²) in [6.07, 6.45) is 4.37. The van der Waals surface area contributed by atoms with Crippen LogP contribution in [0.2, 0.25) is 10.0 Å². The molecule has 0 radical (unpaired) electrons. The van der Waals surface area contributed by atoms with Gasteiger partial charge in [-0.3, -0.25) is 0 Å². The molecular weight excluding hydrogens is 367 g/mol. The molecule has 2 heterocycles. The normalized spacial score (nSPS) is 23.2. The summed E-state index contributed by atoms with van der Waals surface area (Å²) in [6.45, 7) is 3.42. The molecule has 0 aliphatic carbocycles. The first kappa shape index (κ1) is 17.8. The first-order valence-corrected chi connectivity index (χ1v) is 9.90. The van der Waals surface area contributed by atoms with Crippen LogP contribution in [-0.2, 0) is 5.72 Å². The highest BCUT2D eigenvalue weighted by atomic mass is 35.5. The third-order valence-electron chi connectivity index (χ3n) is 5.46. The van der Waals surface area contributed by atoms with E-state index >= 15 is 0 Å². The van der Waals surface area contributed by atoms with Crippen molar-refractivity contribution in [1.82, 2.24) is 0 Å². The molecule has 0 aromatic heterocycles. The first-order valence-electron chi connectivity index (χ1n) is 9.14. The van der Waals surface area contributed by atoms with Gasteiger partial charge in [0, 0.05) is 12.0 Å². The van der Waals surface area contributed by atoms with Crippen LogP contribution in [0, 0.1) is 6.92 Å². The van der Waals surface area contributed by atoms with Crippen molar-refractivity contribution in [3.63, 3.8) is 0 Å². The maximum absolute atomic E-state index is 11.7. The number of nitrogens with zero attached hydrogens (tertiary/aromatic N) is 2. The van der Waals surface area contributed by atoms with Gasteiger partial charge >= 0.3 is 0 Å². The summed E-state index contributed by atoms with van der Waals surface area (Å²) in [5.41, 5.74) is 2.04. The third-order valence-corrected chi connectivity index (χ3v) is 6.20. The topological polar surface area (TPSA) is 26.5 Å². The van der Waals surface area contributed by atoms with Crippen LogP contribution >= 0.6 is 23.2 Å². The highest BCUT2D eigenvalue weighted by Gasteiger charge is 2.52. The highest BCUT2D eigenvalue weighted by Crippen LogP contribution is 2.37. The average molecular weight is 390 g/mol. The lowest BCUT2D eigenvalue weighted by molar-refractivity contribution is -0.658. The second kappa shape index (κ2) is 6.88. The number of amidine groups is 1. The Labute approximate surface area is 164 Å². The van der Waals surface area contributed by atoms with E-state index in [2.05, 4.69) is 40.7 Å². The van der Waals surface area contributed by atoms with Crippen molar-refractivity contribution in [3.05, 3.63) is 63.6 Å². The lowest BCUT2D eigenvalue weighted by atomic mass is 10.0. The van der Waals surface area contributed by atoms with E-state index in [-0.39, 0.29) is 0 Å². The summed E-state index contributed by atoms with van der Waals surface area (Å²) < 4.78 is 2.17. The fourth-order valence-corrected chi connectivity index (χ4v) is 4.33. The standard InChI is InChI=1S/C21H23Cl2N2O/c1-15-6-9-17(10-7-15)24-14-21(26,16-8-11-18(22)19(23)13-16)25-12-4-2-3-5-20(24)25/h6-11,13,26H,2-5,12,14H2,1H3/q+1. The van der Waals surface area contributed by atoms with Crippen LogP contribution in [0.15, 0.2) is 42.5 Å². The van der Waals surface area contributed by atoms with Crippen molar-refractivity contribution in [3.8, 4) is 0 Å². The molecule has 0 saturated heterocycles. The lowest BCUT2D eigenvalue weighted by Crippen LogP contribution is -2.41. The molecule has 1 N–H and O–H groups in total. The fourth-order valence-electron chi connectivity index (χ4n) is 4.03. The number of aliphatic hydroxyl groups is 1. The van der Waals surface area contributed by atoms with E-state index in [1.54, 1.807) is 12.1 Å². The molecule has 2 aliphatic rings. The van der Waals surface area contributed by atoms with E-state index in [0.29, 0.717) is 16.6 Å². The molecule has 2 aromatic carbocycles. The summed E-state index contributed by atoms with van der Waals surface area (Å²) in [4.78, 5) is 2.26. The van der Waals surface area contributed by atoms with Crippen molar-refractivity contribution < 1.29 is 9.68 Å². The van der Waals surface area contributed by atoms with Gasteiger partial charge < -0.3 is 5.11 Å². The number of halogens is 2. The van der Waals surface area contributed by atoms with E-state index in [4.69, 9.17) is 23.2 Å². The Morgan fingerprint density at radius 2 is 1.77 bits per heavy atom. The third kappa shape index (κ3) is 3.02.